The molecule has 1 aromatic heterocycles. The Morgan fingerprint density at radius 3 is 2.38 bits per heavy atom. The predicted octanol–water partition coefficient (Wildman–Crippen LogP) is 3.47. The molecule has 5 heteroatoms. The summed E-state index contributed by atoms with van der Waals surface area (Å²) in [6.45, 7) is 9.00. The number of carboxylic acids is 1. The average molecular weight is 329 g/mol. The second-order valence-electron chi connectivity index (χ2n) is 6.29. The lowest BCUT2D eigenvalue weighted by Crippen LogP contribution is -2.40. The van der Waals surface area contributed by atoms with Crippen LogP contribution < -0.4 is 5.32 Å². The first-order chi connectivity index (χ1) is 11.4. The summed E-state index contributed by atoms with van der Waals surface area (Å²) in [5, 5.41) is 17.5. The summed E-state index contributed by atoms with van der Waals surface area (Å²) in [6, 6.07) is 10.0. The lowest BCUT2D eigenvalue weighted by Gasteiger charge is -2.27. The number of nitrogens with zero attached hydrogens (tertiary/aromatic N) is 2. The molecule has 0 radical (unpaired) electrons. The molecule has 0 unspecified atom stereocenters. The third kappa shape index (κ3) is 3.51. The van der Waals surface area contributed by atoms with E-state index in [1.807, 2.05) is 62.7 Å². The van der Waals surface area contributed by atoms with Gasteiger partial charge < -0.3 is 10.4 Å². The molecule has 0 saturated carbocycles. The van der Waals surface area contributed by atoms with Crippen LogP contribution in [-0.4, -0.2) is 27.4 Å². The zero-order valence-corrected chi connectivity index (χ0v) is 15.0. The number of benzene rings is 1. The summed E-state index contributed by atoms with van der Waals surface area (Å²) in [4.78, 5) is 11.6. The molecule has 0 spiro atoms. The molecule has 130 valence electrons. The molecular weight excluding hydrogens is 302 g/mol. The first-order valence-corrected chi connectivity index (χ1v) is 8.49. The molecule has 2 aromatic rings. The van der Waals surface area contributed by atoms with Crippen LogP contribution in [0.1, 0.15) is 43.6 Å². The number of carbonyl (C=O) groups is 1. The average Bonchev–Trinajstić information content (AvgIpc) is 2.87. The van der Waals surface area contributed by atoms with E-state index in [9.17, 15) is 9.90 Å². The topological polar surface area (TPSA) is 67.2 Å². The van der Waals surface area contributed by atoms with Crippen molar-refractivity contribution in [2.24, 2.45) is 5.41 Å². The maximum Gasteiger partial charge on any atom is 0.310 e. The van der Waals surface area contributed by atoms with Gasteiger partial charge >= 0.3 is 5.97 Å². The number of aryl methyl sites for hydroxylation is 1. The van der Waals surface area contributed by atoms with Crippen LogP contribution in [0.15, 0.2) is 30.3 Å². The number of hydrogen-bond acceptors (Lipinski definition) is 3. The van der Waals surface area contributed by atoms with Crippen LogP contribution >= 0.6 is 0 Å². The Bertz CT molecular complexity index is 688. The highest BCUT2D eigenvalue weighted by molar-refractivity contribution is 5.74. The number of nitrogens with one attached hydrogen (secondary N) is 1. The monoisotopic (exact) mass is 329 g/mol. The molecule has 0 bridgehead atoms. The number of hydrogen-bond donors (Lipinski definition) is 2. The molecule has 0 amide bonds. The quantitative estimate of drug-likeness (QED) is 0.778. The summed E-state index contributed by atoms with van der Waals surface area (Å²) in [5.74, 6) is -0.728. The lowest BCUT2D eigenvalue weighted by atomic mass is 9.82. The van der Waals surface area contributed by atoms with Gasteiger partial charge in [0.05, 0.1) is 16.8 Å². The molecule has 0 atom stereocenters. The van der Waals surface area contributed by atoms with Crippen molar-refractivity contribution in [3.63, 3.8) is 0 Å². The van der Waals surface area contributed by atoms with E-state index in [0.717, 1.165) is 22.6 Å². The van der Waals surface area contributed by atoms with Crippen molar-refractivity contribution in [2.75, 3.05) is 6.54 Å². The Kier molecular flexibility index (Phi) is 5.78. The fourth-order valence-electron chi connectivity index (χ4n) is 3.06. The van der Waals surface area contributed by atoms with E-state index in [-0.39, 0.29) is 0 Å². The minimum absolute atomic E-state index is 0.463. The van der Waals surface area contributed by atoms with Crippen LogP contribution in [0.25, 0.3) is 5.69 Å². The van der Waals surface area contributed by atoms with E-state index in [0.29, 0.717) is 25.9 Å². The summed E-state index contributed by atoms with van der Waals surface area (Å²) >= 11 is 0. The normalized spacial score (nSPS) is 11.7. The largest absolute Gasteiger partial charge is 0.481 e. The standard InChI is InChI=1S/C19H27N3O2/c1-5-19(6-2,18(23)24)13-20-12-17-14(3)21-22(15(17)4)16-10-8-7-9-11-16/h7-11,20H,5-6,12-13H2,1-4H3,(H,23,24). The molecule has 5 nitrogen and oxygen atoms in total. The smallest absolute Gasteiger partial charge is 0.310 e. The summed E-state index contributed by atoms with van der Waals surface area (Å²) in [6.07, 6.45) is 1.24. The fraction of sp³-hybridized carbons (Fsp3) is 0.474. The number of para-hydroxylation sites is 1. The molecule has 0 aliphatic heterocycles. The highest BCUT2D eigenvalue weighted by Crippen LogP contribution is 2.26. The van der Waals surface area contributed by atoms with Gasteiger partial charge in [-0.3, -0.25) is 4.79 Å². The van der Waals surface area contributed by atoms with Crippen molar-refractivity contribution < 1.29 is 9.90 Å². The third-order valence-electron chi connectivity index (χ3n) is 5.01. The van der Waals surface area contributed by atoms with Crippen LogP contribution in [0.2, 0.25) is 0 Å². The van der Waals surface area contributed by atoms with E-state index < -0.39 is 11.4 Å². The Morgan fingerprint density at radius 2 is 1.83 bits per heavy atom. The SMILES string of the molecule is CCC(CC)(CNCc1c(C)nn(-c2ccccc2)c1C)C(=O)O. The van der Waals surface area contributed by atoms with Gasteiger partial charge in [-0.15, -0.1) is 0 Å². The number of aliphatic carboxylic acids is 1. The zero-order valence-electron chi connectivity index (χ0n) is 15.0. The minimum atomic E-state index is -0.728. The van der Waals surface area contributed by atoms with E-state index in [1.165, 1.54) is 0 Å². The summed E-state index contributed by atoms with van der Waals surface area (Å²) < 4.78 is 1.94. The Hall–Kier alpha value is -2.14. The van der Waals surface area contributed by atoms with Gasteiger partial charge in [-0.05, 0) is 38.8 Å². The van der Waals surface area contributed by atoms with Crippen molar-refractivity contribution in [2.45, 2.75) is 47.1 Å². The van der Waals surface area contributed by atoms with Gasteiger partial charge in [0, 0.05) is 24.3 Å². The highest BCUT2D eigenvalue weighted by Gasteiger charge is 2.34. The van der Waals surface area contributed by atoms with Crippen LogP contribution in [0.4, 0.5) is 0 Å². The van der Waals surface area contributed by atoms with Crippen molar-refractivity contribution in [1.82, 2.24) is 15.1 Å². The van der Waals surface area contributed by atoms with Gasteiger partial charge in [0.1, 0.15) is 0 Å². The Balaban J connectivity index is 2.14. The van der Waals surface area contributed by atoms with Crippen LogP contribution in [0, 0.1) is 19.3 Å². The summed E-state index contributed by atoms with van der Waals surface area (Å²) in [5.41, 5.74) is 3.52. The highest BCUT2D eigenvalue weighted by atomic mass is 16.4. The lowest BCUT2D eigenvalue weighted by molar-refractivity contribution is -0.149. The molecule has 0 aliphatic carbocycles. The van der Waals surface area contributed by atoms with Gasteiger partial charge in [0.15, 0.2) is 0 Å². The van der Waals surface area contributed by atoms with Crippen molar-refractivity contribution in [3.05, 3.63) is 47.3 Å². The fourth-order valence-corrected chi connectivity index (χ4v) is 3.06. The van der Waals surface area contributed by atoms with Crippen LogP contribution in [0.3, 0.4) is 0 Å². The molecule has 1 aromatic carbocycles. The van der Waals surface area contributed by atoms with Crippen LogP contribution in [-0.2, 0) is 11.3 Å². The molecule has 0 fully saturated rings. The number of aromatic nitrogens is 2. The first kappa shape index (κ1) is 18.2. The maximum atomic E-state index is 11.6. The van der Waals surface area contributed by atoms with Gasteiger partial charge in [-0.2, -0.15) is 5.10 Å². The molecule has 2 rings (SSSR count). The van der Waals surface area contributed by atoms with Gasteiger partial charge in [0.2, 0.25) is 0 Å². The van der Waals surface area contributed by atoms with Crippen molar-refractivity contribution in [1.29, 1.82) is 0 Å². The number of carboxylic acid groups (broad SMARTS) is 1. The molecular formula is C19H27N3O2. The Labute approximate surface area is 143 Å². The second kappa shape index (κ2) is 7.62. The molecule has 24 heavy (non-hydrogen) atoms. The maximum absolute atomic E-state index is 11.6. The molecule has 2 N–H and O–H groups in total. The zero-order chi connectivity index (χ0) is 17.7. The Morgan fingerprint density at radius 1 is 1.21 bits per heavy atom. The minimum Gasteiger partial charge on any atom is -0.481 e. The van der Waals surface area contributed by atoms with Crippen molar-refractivity contribution in [3.8, 4) is 5.69 Å². The second-order valence-corrected chi connectivity index (χ2v) is 6.29. The van der Waals surface area contributed by atoms with E-state index in [2.05, 4.69) is 10.4 Å². The molecule has 0 aliphatic rings. The summed E-state index contributed by atoms with van der Waals surface area (Å²) in [7, 11) is 0. The van der Waals surface area contributed by atoms with Crippen LogP contribution in [0.5, 0.6) is 0 Å². The van der Waals surface area contributed by atoms with E-state index in [4.69, 9.17) is 0 Å². The molecule has 0 saturated heterocycles. The first-order valence-electron chi connectivity index (χ1n) is 8.49. The number of rotatable bonds is 8. The predicted molar refractivity (Wildman–Crippen MR) is 95.4 cm³/mol. The molecule has 1 heterocycles. The third-order valence-corrected chi connectivity index (χ3v) is 5.01. The van der Waals surface area contributed by atoms with Gasteiger partial charge in [-0.1, -0.05) is 32.0 Å². The van der Waals surface area contributed by atoms with Crippen molar-refractivity contribution >= 4 is 5.97 Å². The van der Waals surface area contributed by atoms with Gasteiger partial charge in [0.25, 0.3) is 0 Å². The van der Waals surface area contributed by atoms with Gasteiger partial charge in [-0.25, -0.2) is 4.68 Å². The van der Waals surface area contributed by atoms with E-state index >= 15 is 0 Å². The van der Waals surface area contributed by atoms with E-state index in [1.54, 1.807) is 0 Å².